The van der Waals surface area contributed by atoms with Gasteiger partial charge >= 0.3 is 5.97 Å². The largest absolute Gasteiger partial charge is 0.478 e. The van der Waals surface area contributed by atoms with E-state index < -0.39 is 11.8 Å². The zero-order chi connectivity index (χ0) is 13.1. The van der Waals surface area contributed by atoms with E-state index in [1.54, 1.807) is 30.3 Å². The summed E-state index contributed by atoms with van der Waals surface area (Å²) in [5.74, 6) is -1.44. The van der Waals surface area contributed by atoms with Crippen LogP contribution in [0.4, 0.5) is 15.8 Å². The van der Waals surface area contributed by atoms with Crippen LogP contribution in [0.15, 0.2) is 46.9 Å². The van der Waals surface area contributed by atoms with E-state index >= 15 is 0 Å². The normalized spacial score (nSPS) is 10.1. The van der Waals surface area contributed by atoms with Crippen LogP contribution in [0.2, 0.25) is 0 Å². The van der Waals surface area contributed by atoms with Crippen molar-refractivity contribution < 1.29 is 14.3 Å². The average Bonchev–Trinajstić information content (AvgIpc) is 2.34. The molecule has 0 aromatic heterocycles. The molecule has 0 unspecified atom stereocenters. The van der Waals surface area contributed by atoms with Gasteiger partial charge in [-0.3, -0.25) is 0 Å². The van der Waals surface area contributed by atoms with E-state index in [0.717, 1.165) is 0 Å². The standard InChI is InChI=1S/C13H9BrFNO2/c14-10-6-5-8(7-11(10)15)16-12-4-2-1-3-9(12)13(17)18/h1-7,16H,(H,17,18). The van der Waals surface area contributed by atoms with E-state index in [4.69, 9.17) is 5.11 Å². The molecular formula is C13H9BrFNO2. The summed E-state index contributed by atoms with van der Waals surface area (Å²) in [5.41, 5.74) is 1.05. The number of nitrogens with one attached hydrogen (secondary N) is 1. The van der Waals surface area contributed by atoms with Gasteiger partial charge in [-0.15, -0.1) is 0 Å². The van der Waals surface area contributed by atoms with Crippen molar-refractivity contribution in [3.05, 3.63) is 58.3 Å². The quantitative estimate of drug-likeness (QED) is 0.900. The van der Waals surface area contributed by atoms with Crippen molar-refractivity contribution in [1.29, 1.82) is 0 Å². The summed E-state index contributed by atoms with van der Waals surface area (Å²) in [4.78, 5) is 11.0. The number of carboxylic acids is 1. The van der Waals surface area contributed by atoms with Crippen molar-refractivity contribution in [1.82, 2.24) is 0 Å². The molecule has 2 N–H and O–H groups in total. The first-order valence-electron chi connectivity index (χ1n) is 5.12. The Hall–Kier alpha value is -1.88. The smallest absolute Gasteiger partial charge is 0.337 e. The lowest BCUT2D eigenvalue weighted by Crippen LogP contribution is -2.02. The van der Waals surface area contributed by atoms with Crippen LogP contribution in [0.1, 0.15) is 10.4 Å². The lowest BCUT2D eigenvalue weighted by molar-refractivity contribution is 0.0698. The minimum absolute atomic E-state index is 0.140. The molecule has 0 amide bonds. The Labute approximate surface area is 111 Å². The van der Waals surface area contributed by atoms with Crippen molar-refractivity contribution in [2.45, 2.75) is 0 Å². The molecule has 92 valence electrons. The first kappa shape index (κ1) is 12.6. The molecular weight excluding hydrogens is 301 g/mol. The summed E-state index contributed by atoms with van der Waals surface area (Å²) < 4.78 is 13.7. The fraction of sp³-hybridized carbons (Fsp3) is 0. The van der Waals surface area contributed by atoms with E-state index in [1.807, 2.05) is 0 Å². The first-order valence-corrected chi connectivity index (χ1v) is 5.91. The number of para-hydroxylation sites is 1. The van der Waals surface area contributed by atoms with E-state index in [9.17, 15) is 9.18 Å². The number of hydrogen-bond acceptors (Lipinski definition) is 2. The van der Waals surface area contributed by atoms with E-state index in [-0.39, 0.29) is 5.56 Å². The molecule has 0 radical (unpaired) electrons. The zero-order valence-electron chi connectivity index (χ0n) is 9.15. The molecule has 18 heavy (non-hydrogen) atoms. The molecule has 2 rings (SSSR count). The van der Waals surface area contributed by atoms with Crippen molar-refractivity contribution in [3.63, 3.8) is 0 Å². The molecule has 0 bridgehead atoms. The van der Waals surface area contributed by atoms with Gasteiger partial charge in [-0.05, 0) is 46.3 Å². The van der Waals surface area contributed by atoms with E-state index in [0.29, 0.717) is 15.8 Å². The number of carbonyl (C=O) groups is 1. The van der Waals surface area contributed by atoms with Crippen molar-refractivity contribution in [2.24, 2.45) is 0 Å². The zero-order valence-corrected chi connectivity index (χ0v) is 10.7. The predicted octanol–water partition coefficient (Wildman–Crippen LogP) is 4.03. The van der Waals surface area contributed by atoms with Crippen LogP contribution in [0, 0.1) is 5.82 Å². The Kier molecular flexibility index (Phi) is 3.62. The van der Waals surface area contributed by atoms with Gasteiger partial charge in [-0.1, -0.05) is 12.1 Å². The lowest BCUT2D eigenvalue weighted by Gasteiger charge is -2.09. The maximum Gasteiger partial charge on any atom is 0.337 e. The second kappa shape index (κ2) is 5.18. The van der Waals surface area contributed by atoms with Crippen molar-refractivity contribution in [2.75, 3.05) is 5.32 Å². The molecule has 2 aromatic rings. The second-order valence-corrected chi connectivity index (χ2v) is 4.46. The summed E-state index contributed by atoms with van der Waals surface area (Å²) in [6.45, 7) is 0. The van der Waals surface area contributed by atoms with Crippen LogP contribution in [0.25, 0.3) is 0 Å². The summed E-state index contributed by atoms with van der Waals surface area (Å²) in [7, 11) is 0. The number of hydrogen-bond donors (Lipinski definition) is 2. The van der Waals surface area contributed by atoms with Gasteiger partial charge in [0.25, 0.3) is 0 Å². The molecule has 0 atom stereocenters. The molecule has 0 heterocycles. The Morgan fingerprint density at radius 2 is 1.94 bits per heavy atom. The fourth-order valence-electron chi connectivity index (χ4n) is 1.51. The molecule has 0 saturated heterocycles. The number of halogens is 2. The first-order chi connectivity index (χ1) is 8.58. The topological polar surface area (TPSA) is 49.3 Å². The molecule has 0 spiro atoms. The van der Waals surface area contributed by atoms with Crippen LogP contribution in [0.3, 0.4) is 0 Å². The fourth-order valence-corrected chi connectivity index (χ4v) is 1.75. The van der Waals surface area contributed by atoms with Gasteiger partial charge < -0.3 is 10.4 Å². The van der Waals surface area contributed by atoms with Crippen LogP contribution in [-0.2, 0) is 0 Å². The monoisotopic (exact) mass is 309 g/mol. The van der Waals surface area contributed by atoms with E-state index in [2.05, 4.69) is 21.2 Å². The summed E-state index contributed by atoms with van der Waals surface area (Å²) >= 11 is 3.06. The molecule has 2 aromatic carbocycles. The molecule has 0 aliphatic carbocycles. The summed E-state index contributed by atoms with van der Waals surface area (Å²) in [5, 5.41) is 11.9. The predicted molar refractivity (Wildman–Crippen MR) is 70.8 cm³/mol. The number of carboxylic acid groups (broad SMARTS) is 1. The van der Waals surface area contributed by atoms with Crippen LogP contribution in [-0.4, -0.2) is 11.1 Å². The molecule has 0 fully saturated rings. The third-order valence-corrected chi connectivity index (χ3v) is 3.00. The molecule has 0 aliphatic rings. The Balaban J connectivity index is 2.34. The highest BCUT2D eigenvalue weighted by Crippen LogP contribution is 2.24. The number of rotatable bonds is 3. The van der Waals surface area contributed by atoms with Crippen molar-refractivity contribution >= 4 is 33.3 Å². The lowest BCUT2D eigenvalue weighted by atomic mass is 10.1. The Morgan fingerprint density at radius 3 is 2.61 bits per heavy atom. The number of benzene rings is 2. The number of aromatic carboxylic acids is 1. The maximum absolute atomic E-state index is 13.3. The Morgan fingerprint density at radius 1 is 1.22 bits per heavy atom. The van der Waals surface area contributed by atoms with Gasteiger partial charge in [0.05, 0.1) is 15.7 Å². The van der Waals surface area contributed by atoms with Gasteiger partial charge in [-0.25, -0.2) is 9.18 Å². The Bertz CT molecular complexity index is 601. The highest BCUT2D eigenvalue weighted by molar-refractivity contribution is 9.10. The average molecular weight is 310 g/mol. The molecule has 0 aliphatic heterocycles. The molecule has 5 heteroatoms. The van der Waals surface area contributed by atoms with Crippen LogP contribution < -0.4 is 5.32 Å². The minimum Gasteiger partial charge on any atom is -0.478 e. The molecule has 0 saturated carbocycles. The minimum atomic E-state index is -1.03. The van der Waals surface area contributed by atoms with Crippen molar-refractivity contribution in [3.8, 4) is 0 Å². The van der Waals surface area contributed by atoms with Gasteiger partial charge in [0.2, 0.25) is 0 Å². The van der Waals surface area contributed by atoms with Gasteiger partial charge in [-0.2, -0.15) is 0 Å². The van der Waals surface area contributed by atoms with Gasteiger partial charge in [0, 0.05) is 5.69 Å². The maximum atomic E-state index is 13.3. The second-order valence-electron chi connectivity index (χ2n) is 3.60. The van der Waals surface area contributed by atoms with Gasteiger partial charge in [0.1, 0.15) is 5.82 Å². The summed E-state index contributed by atoms with van der Waals surface area (Å²) in [6, 6.07) is 11.0. The van der Waals surface area contributed by atoms with Crippen LogP contribution >= 0.6 is 15.9 Å². The van der Waals surface area contributed by atoms with Gasteiger partial charge in [0.15, 0.2) is 0 Å². The highest BCUT2D eigenvalue weighted by Gasteiger charge is 2.09. The molecule has 3 nitrogen and oxygen atoms in total. The highest BCUT2D eigenvalue weighted by atomic mass is 79.9. The SMILES string of the molecule is O=C(O)c1ccccc1Nc1ccc(Br)c(F)c1. The summed E-state index contributed by atoms with van der Waals surface area (Å²) in [6.07, 6.45) is 0. The van der Waals surface area contributed by atoms with E-state index in [1.165, 1.54) is 12.1 Å². The third-order valence-electron chi connectivity index (χ3n) is 2.36. The number of anilines is 2. The van der Waals surface area contributed by atoms with Crippen LogP contribution in [0.5, 0.6) is 0 Å². The third kappa shape index (κ3) is 2.68.